The number of hydrogen-bond acceptors (Lipinski definition) is 5. The lowest BCUT2D eigenvalue weighted by molar-refractivity contribution is 0.0792. The summed E-state index contributed by atoms with van der Waals surface area (Å²) in [6.07, 6.45) is 4.09. The smallest absolute Gasteiger partial charge is 0.255 e. The Hall–Kier alpha value is -1.66. The van der Waals surface area contributed by atoms with Crippen LogP contribution < -0.4 is 11.3 Å². The van der Waals surface area contributed by atoms with Crippen LogP contribution in [0.1, 0.15) is 29.6 Å². The predicted molar refractivity (Wildman–Crippen MR) is 69.9 cm³/mol. The van der Waals surface area contributed by atoms with Crippen LogP contribution in [0.5, 0.6) is 0 Å². The topological polar surface area (TPSA) is 91.5 Å². The predicted octanol–water partition coefficient (Wildman–Crippen LogP) is 0.602. The molecular weight excluding hydrogens is 232 g/mol. The third kappa shape index (κ3) is 4.31. The number of rotatable bonds is 7. The number of nitrogens with one attached hydrogen (secondary N) is 1. The van der Waals surface area contributed by atoms with Crippen LogP contribution in [0.4, 0.5) is 5.82 Å². The Morgan fingerprint density at radius 1 is 1.44 bits per heavy atom. The van der Waals surface area contributed by atoms with Crippen molar-refractivity contribution in [3.05, 3.63) is 23.9 Å². The first-order valence-electron chi connectivity index (χ1n) is 5.98. The molecule has 0 unspecified atom stereocenters. The van der Waals surface area contributed by atoms with Crippen LogP contribution in [0, 0.1) is 0 Å². The number of carbonyl (C=O) groups is 1. The van der Waals surface area contributed by atoms with Gasteiger partial charge in [-0.05, 0) is 31.4 Å². The first-order chi connectivity index (χ1) is 8.69. The number of hydrazine groups is 1. The molecular formula is C12H20N4O2. The molecule has 6 nitrogen and oxygen atoms in total. The maximum atomic E-state index is 12.0. The van der Waals surface area contributed by atoms with E-state index in [9.17, 15) is 4.79 Å². The van der Waals surface area contributed by atoms with Crippen molar-refractivity contribution in [2.45, 2.75) is 19.3 Å². The van der Waals surface area contributed by atoms with Crippen molar-refractivity contribution in [1.82, 2.24) is 9.88 Å². The maximum absolute atomic E-state index is 12.0. The Balaban J connectivity index is 2.46. The third-order valence-electron chi connectivity index (χ3n) is 2.66. The van der Waals surface area contributed by atoms with Gasteiger partial charge in [-0.3, -0.25) is 4.79 Å². The molecule has 0 aliphatic heterocycles. The summed E-state index contributed by atoms with van der Waals surface area (Å²) in [6, 6.07) is 3.35. The molecule has 0 spiro atoms. The summed E-state index contributed by atoms with van der Waals surface area (Å²) < 4.78 is 0. The molecule has 1 rings (SSSR count). The van der Waals surface area contributed by atoms with Gasteiger partial charge in [0.05, 0.1) is 5.56 Å². The molecule has 1 aromatic heterocycles. The SMILES string of the molecule is CN(CCCCCO)C(=O)c1ccc(NN)nc1. The molecule has 0 atom stereocenters. The van der Waals surface area contributed by atoms with Crippen LogP contribution in [0.2, 0.25) is 0 Å². The van der Waals surface area contributed by atoms with Gasteiger partial charge in [0, 0.05) is 26.4 Å². The van der Waals surface area contributed by atoms with Crippen molar-refractivity contribution in [3.8, 4) is 0 Å². The number of aromatic nitrogens is 1. The van der Waals surface area contributed by atoms with E-state index in [4.69, 9.17) is 10.9 Å². The lowest BCUT2D eigenvalue weighted by atomic mass is 10.2. The van der Waals surface area contributed by atoms with Crippen molar-refractivity contribution in [3.63, 3.8) is 0 Å². The van der Waals surface area contributed by atoms with Gasteiger partial charge in [-0.15, -0.1) is 0 Å². The standard InChI is InChI=1S/C12H20N4O2/c1-16(7-3-2-4-8-17)12(18)10-5-6-11(15-13)14-9-10/h5-6,9,17H,2-4,7-8,13H2,1H3,(H,14,15). The van der Waals surface area contributed by atoms with E-state index in [0.717, 1.165) is 19.3 Å². The number of pyridine rings is 1. The molecule has 1 heterocycles. The molecule has 0 bridgehead atoms. The lowest BCUT2D eigenvalue weighted by Gasteiger charge is -2.16. The Labute approximate surface area is 107 Å². The molecule has 1 amide bonds. The average molecular weight is 252 g/mol. The van der Waals surface area contributed by atoms with Gasteiger partial charge in [0.25, 0.3) is 5.91 Å². The Kier molecular flexibility index (Phi) is 6.10. The van der Waals surface area contributed by atoms with Gasteiger partial charge in [-0.1, -0.05) is 0 Å². The van der Waals surface area contributed by atoms with Crippen LogP contribution in [0.25, 0.3) is 0 Å². The molecule has 0 saturated heterocycles. The van der Waals surface area contributed by atoms with E-state index in [1.807, 2.05) is 0 Å². The molecule has 0 aliphatic rings. The highest BCUT2D eigenvalue weighted by atomic mass is 16.2. The molecule has 0 saturated carbocycles. The number of nitrogens with zero attached hydrogens (tertiary/aromatic N) is 2. The Morgan fingerprint density at radius 3 is 2.78 bits per heavy atom. The van der Waals surface area contributed by atoms with Crippen molar-refractivity contribution in [2.24, 2.45) is 5.84 Å². The molecule has 0 aromatic carbocycles. The van der Waals surface area contributed by atoms with Gasteiger partial charge in [-0.25, -0.2) is 10.8 Å². The summed E-state index contributed by atoms with van der Waals surface area (Å²) in [5.74, 6) is 5.67. The fourth-order valence-corrected chi connectivity index (χ4v) is 1.57. The highest BCUT2D eigenvalue weighted by molar-refractivity contribution is 5.93. The van der Waals surface area contributed by atoms with Gasteiger partial charge >= 0.3 is 0 Å². The fourth-order valence-electron chi connectivity index (χ4n) is 1.57. The number of aliphatic hydroxyl groups is 1. The van der Waals surface area contributed by atoms with E-state index >= 15 is 0 Å². The molecule has 0 fully saturated rings. The average Bonchev–Trinajstić information content (AvgIpc) is 2.42. The minimum absolute atomic E-state index is 0.0601. The highest BCUT2D eigenvalue weighted by Crippen LogP contribution is 2.07. The number of aliphatic hydroxyl groups excluding tert-OH is 1. The van der Waals surface area contributed by atoms with Crippen molar-refractivity contribution in [1.29, 1.82) is 0 Å². The third-order valence-corrected chi connectivity index (χ3v) is 2.66. The van der Waals surface area contributed by atoms with Crippen LogP contribution in [-0.4, -0.2) is 41.1 Å². The van der Waals surface area contributed by atoms with Gasteiger partial charge in [0.1, 0.15) is 5.82 Å². The van der Waals surface area contributed by atoms with Crippen LogP contribution in [0.3, 0.4) is 0 Å². The second-order valence-electron chi connectivity index (χ2n) is 4.09. The first-order valence-corrected chi connectivity index (χ1v) is 5.98. The summed E-state index contributed by atoms with van der Waals surface area (Å²) in [4.78, 5) is 17.6. The van der Waals surface area contributed by atoms with E-state index in [1.54, 1.807) is 24.1 Å². The van der Waals surface area contributed by atoms with Crippen LogP contribution in [0.15, 0.2) is 18.3 Å². The van der Waals surface area contributed by atoms with Gasteiger partial charge in [-0.2, -0.15) is 0 Å². The number of nitrogens with two attached hydrogens (primary N) is 1. The van der Waals surface area contributed by atoms with E-state index in [1.165, 1.54) is 6.20 Å². The number of nitrogen functional groups attached to an aromatic ring is 1. The van der Waals surface area contributed by atoms with Gasteiger partial charge < -0.3 is 15.4 Å². The van der Waals surface area contributed by atoms with E-state index in [-0.39, 0.29) is 12.5 Å². The minimum atomic E-state index is -0.0601. The maximum Gasteiger partial charge on any atom is 0.255 e. The monoisotopic (exact) mass is 252 g/mol. The lowest BCUT2D eigenvalue weighted by Crippen LogP contribution is -2.28. The largest absolute Gasteiger partial charge is 0.396 e. The molecule has 0 aliphatic carbocycles. The second-order valence-corrected chi connectivity index (χ2v) is 4.09. The zero-order valence-corrected chi connectivity index (χ0v) is 10.6. The Morgan fingerprint density at radius 2 is 2.22 bits per heavy atom. The summed E-state index contributed by atoms with van der Waals surface area (Å²) >= 11 is 0. The summed E-state index contributed by atoms with van der Waals surface area (Å²) in [7, 11) is 1.76. The van der Waals surface area contributed by atoms with Crippen molar-refractivity contribution >= 4 is 11.7 Å². The fraction of sp³-hybridized carbons (Fsp3) is 0.500. The Bertz CT molecular complexity index is 367. The molecule has 1 aromatic rings. The highest BCUT2D eigenvalue weighted by Gasteiger charge is 2.11. The second kappa shape index (κ2) is 7.62. The molecule has 4 N–H and O–H groups in total. The number of amides is 1. The van der Waals surface area contributed by atoms with Gasteiger partial charge in [0.15, 0.2) is 0 Å². The van der Waals surface area contributed by atoms with E-state index in [0.29, 0.717) is 17.9 Å². The first kappa shape index (κ1) is 14.4. The summed E-state index contributed by atoms with van der Waals surface area (Å²) in [6.45, 7) is 0.880. The van der Waals surface area contributed by atoms with E-state index < -0.39 is 0 Å². The molecule has 6 heteroatoms. The number of unbranched alkanes of at least 4 members (excludes halogenated alkanes) is 2. The summed E-state index contributed by atoms with van der Waals surface area (Å²) in [5, 5.41) is 8.66. The summed E-state index contributed by atoms with van der Waals surface area (Å²) in [5.41, 5.74) is 2.95. The number of carbonyl (C=O) groups excluding carboxylic acids is 1. The molecule has 0 radical (unpaired) electrons. The minimum Gasteiger partial charge on any atom is -0.396 e. The number of hydrogen-bond donors (Lipinski definition) is 3. The zero-order valence-electron chi connectivity index (χ0n) is 10.6. The molecule has 18 heavy (non-hydrogen) atoms. The normalized spacial score (nSPS) is 10.2. The van der Waals surface area contributed by atoms with Crippen LogP contribution >= 0.6 is 0 Å². The van der Waals surface area contributed by atoms with E-state index in [2.05, 4.69) is 10.4 Å². The molecule has 100 valence electrons. The van der Waals surface area contributed by atoms with Crippen LogP contribution in [-0.2, 0) is 0 Å². The van der Waals surface area contributed by atoms with Crippen molar-refractivity contribution in [2.75, 3.05) is 25.6 Å². The van der Waals surface area contributed by atoms with Gasteiger partial charge in [0.2, 0.25) is 0 Å². The number of anilines is 1. The zero-order chi connectivity index (χ0) is 13.4. The van der Waals surface area contributed by atoms with Crippen molar-refractivity contribution < 1.29 is 9.90 Å². The quantitative estimate of drug-likeness (QED) is 0.375.